The minimum atomic E-state index is -0.481. The Hall–Kier alpha value is -6.96. The van der Waals surface area contributed by atoms with E-state index < -0.39 is 5.41 Å². The molecule has 0 aliphatic heterocycles. The van der Waals surface area contributed by atoms with Crippen molar-refractivity contribution in [2.45, 2.75) is 11.8 Å². The second-order valence-electron chi connectivity index (χ2n) is 14.8. The number of fused-ring (bicyclic) bond motifs is 7. The van der Waals surface area contributed by atoms with Crippen molar-refractivity contribution < 1.29 is 4.42 Å². The zero-order valence-electron chi connectivity index (χ0n) is 30.2. The Morgan fingerprint density at radius 3 is 1.84 bits per heavy atom. The van der Waals surface area contributed by atoms with Gasteiger partial charge in [0.1, 0.15) is 11.2 Å². The zero-order chi connectivity index (χ0) is 36.3. The first-order valence-corrected chi connectivity index (χ1v) is 19.1. The first-order chi connectivity index (χ1) is 27.3. The Kier molecular flexibility index (Phi) is 7.22. The van der Waals surface area contributed by atoms with Crippen molar-refractivity contribution in [1.29, 1.82) is 0 Å². The summed E-state index contributed by atoms with van der Waals surface area (Å²) in [6.45, 7) is 0. The number of rotatable bonds is 6. The lowest BCUT2D eigenvalue weighted by Gasteiger charge is -2.34. The molecular weight excluding hydrogens is 665 g/mol. The first-order valence-electron chi connectivity index (χ1n) is 19.1. The highest BCUT2D eigenvalue weighted by Crippen LogP contribution is 2.57. The Balaban J connectivity index is 1.04. The quantitative estimate of drug-likeness (QED) is 0.168. The summed E-state index contributed by atoms with van der Waals surface area (Å²) in [6.07, 6.45) is 0.846. The minimum Gasteiger partial charge on any atom is -0.455 e. The average Bonchev–Trinajstić information content (AvgIpc) is 3.79. The molecule has 9 aromatic carbocycles. The van der Waals surface area contributed by atoms with E-state index in [4.69, 9.17) is 4.42 Å². The van der Waals surface area contributed by atoms with Crippen LogP contribution < -0.4 is 0 Å². The average molecular weight is 701 g/mol. The third kappa shape index (κ3) is 4.87. The Labute approximate surface area is 320 Å². The molecule has 0 fully saturated rings. The summed E-state index contributed by atoms with van der Waals surface area (Å²) in [6, 6.07) is 75.5. The normalized spacial score (nSPS) is 14.7. The molecule has 1 nitrogen and oxygen atoms in total. The van der Waals surface area contributed by atoms with E-state index in [0.29, 0.717) is 0 Å². The SMILES string of the molecule is c1ccc(C2(c3ccc(-c4cccc5c4oc4ccccc45)cc3)c3ccccc3-c3c(Cc4ccc(-c5cccc6ccccc56)cc4)cccc32)cc1. The van der Waals surface area contributed by atoms with Crippen LogP contribution in [0.2, 0.25) is 0 Å². The molecule has 1 aromatic heterocycles. The molecule has 1 heterocycles. The molecule has 0 saturated carbocycles. The van der Waals surface area contributed by atoms with E-state index >= 15 is 0 Å². The van der Waals surface area contributed by atoms with Crippen LogP contribution in [0.15, 0.2) is 211 Å². The van der Waals surface area contributed by atoms with Crippen molar-refractivity contribution in [3.8, 4) is 33.4 Å². The molecule has 0 amide bonds. The third-order valence-corrected chi connectivity index (χ3v) is 11.8. The number of furan rings is 1. The van der Waals surface area contributed by atoms with Crippen LogP contribution in [0.1, 0.15) is 33.4 Å². The van der Waals surface area contributed by atoms with E-state index in [9.17, 15) is 0 Å². The summed E-state index contributed by atoms with van der Waals surface area (Å²) in [5.41, 5.74) is 16.6. The standard InChI is InChI=1S/C54H36O/c1-2-16-41(17-3-1)54(42-33-31-39(32-34-42)45-22-12-23-47-46-19-7-9-26-51(46)55-53(45)47)49-24-8-6-20-48(49)52-40(15-11-25-50(52)54)35-36-27-29-38(30-28-36)44-21-10-14-37-13-4-5-18-43(37)44/h1-34H,35H2. The van der Waals surface area contributed by atoms with Gasteiger partial charge in [-0.2, -0.15) is 0 Å². The van der Waals surface area contributed by atoms with Crippen LogP contribution in [-0.2, 0) is 11.8 Å². The third-order valence-electron chi connectivity index (χ3n) is 11.8. The Morgan fingerprint density at radius 2 is 0.964 bits per heavy atom. The predicted octanol–water partition coefficient (Wildman–Crippen LogP) is 14.0. The molecule has 0 spiro atoms. The predicted molar refractivity (Wildman–Crippen MR) is 229 cm³/mol. The molecule has 0 radical (unpaired) electrons. The zero-order valence-corrected chi connectivity index (χ0v) is 30.2. The van der Waals surface area contributed by atoms with E-state index in [1.807, 2.05) is 6.07 Å². The number of hydrogen-bond acceptors (Lipinski definition) is 1. The molecule has 1 heteroatoms. The molecule has 10 aromatic rings. The molecule has 0 N–H and O–H groups in total. The first kappa shape index (κ1) is 31.6. The van der Waals surface area contributed by atoms with Crippen molar-refractivity contribution in [3.63, 3.8) is 0 Å². The molecule has 0 bridgehead atoms. The van der Waals surface area contributed by atoms with Crippen LogP contribution in [0.5, 0.6) is 0 Å². The van der Waals surface area contributed by atoms with Crippen molar-refractivity contribution in [2.24, 2.45) is 0 Å². The summed E-state index contributed by atoms with van der Waals surface area (Å²) in [5, 5.41) is 4.84. The molecule has 0 saturated heterocycles. The molecule has 1 aliphatic carbocycles. The van der Waals surface area contributed by atoms with Gasteiger partial charge in [-0.05, 0) is 84.5 Å². The van der Waals surface area contributed by atoms with Gasteiger partial charge in [0.2, 0.25) is 0 Å². The topological polar surface area (TPSA) is 13.1 Å². The van der Waals surface area contributed by atoms with Gasteiger partial charge >= 0.3 is 0 Å². The second kappa shape index (κ2) is 12.6. The van der Waals surface area contributed by atoms with Gasteiger partial charge in [-0.15, -0.1) is 0 Å². The lowest BCUT2D eigenvalue weighted by atomic mass is 9.67. The van der Waals surface area contributed by atoms with Crippen molar-refractivity contribution in [3.05, 3.63) is 240 Å². The van der Waals surface area contributed by atoms with Crippen LogP contribution in [0.25, 0.3) is 66.1 Å². The highest BCUT2D eigenvalue weighted by Gasteiger charge is 2.46. The van der Waals surface area contributed by atoms with Crippen LogP contribution in [0.4, 0.5) is 0 Å². The summed E-state index contributed by atoms with van der Waals surface area (Å²) in [4.78, 5) is 0. The van der Waals surface area contributed by atoms with Crippen LogP contribution >= 0.6 is 0 Å². The molecule has 1 aliphatic rings. The lowest BCUT2D eigenvalue weighted by Crippen LogP contribution is -2.28. The maximum Gasteiger partial charge on any atom is 0.143 e. The molecule has 1 unspecified atom stereocenters. The van der Waals surface area contributed by atoms with E-state index in [1.165, 1.54) is 66.4 Å². The summed E-state index contributed by atoms with van der Waals surface area (Å²) in [7, 11) is 0. The summed E-state index contributed by atoms with van der Waals surface area (Å²) in [5.74, 6) is 0. The second-order valence-corrected chi connectivity index (χ2v) is 14.8. The van der Waals surface area contributed by atoms with Gasteiger partial charge in [-0.25, -0.2) is 0 Å². The van der Waals surface area contributed by atoms with Gasteiger partial charge in [-0.3, -0.25) is 0 Å². The van der Waals surface area contributed by atoms with Crippen LogP contribution in [-0.4, -0.2) is 0 Å². The maximum absolute atomic E-state index is 6.46. The maximum atomic E-state index is 6.46. The van der Waals surface area contributed by atoms with Gasteiger partial charge in [0.05, 0.1) is 5.41 Å². The van der Waals surface area contributed by atoms with E-state index in [0.717, 1.165) is 39.5 Å². The lowest BCUT2D eigenvalue weighted by molar-refractivity contribution is 0.670. The summed E-state index contributed by atoms with van der Waals surface area (Å²) < 4.78 is 6.46. The smallest absolute Gasteiger partial charge is 0.143 e. The van der Waals surface area contributed by atoms with Gasteiger partial charge in [0.15, 0.2) is 0 Å². The van der Waals surface area contributed by atoms with Crippen molar-refractivity contribution in [1.82, 2.24) is 0 Å². The molecule has 11 rings (SSSR count). The Morgan fingerprint density at radius 1 is 0.382 bits per heavy atom. The highest BCUT2D eigenvalue weighted by molar-refractivity contribution is 6.09. The van der Waals surface area contributed by atoms with E-state index in [1.54, 1.807) is 0 Å². The van der Waals surface area contributed by atoms with Gasteiger partial charge < -0.3 is 4.42 Å². The van der Waals surface area contributed by atoms with E-state index in [2.05, 4.69) is 200 Å². The fourth-order valence-corrected chi connectivity index (χ4v) is 9.40. The molecule has 1 atom stereocenters. The minimum absolute atomic E-state index is 0.481. The molecule has 258 valence electrons. The largest absolute Gasteiger partial charge is 0.455 e. The number of para-hydroxylation sites is 2. The molecular formula is C54H36O. The fraction of sp³-hybridized carbons (Fsp3) is 0.0370. The fourth-order valence-electron chi connectivity index (χ4n) is 9.40. The van der Waals surface area contributed by atoms with Gasteiger partial charge in [0.25, 0.3) is 0 Å². The van der Waals surface area contributed by atoms with E-state index in [-0.39, 0.29) is 0 Å². The van der Waals surface area contributed by atoms with Gasteiger partial charge in [0, 0.05) is 16.3 Å². The van der Waals surface area contributed by atoms with Gasteiger partial charge in [-0.1, -0.05) is 200 Å². The summed E-state index contributed by atoms with van der Waals surface area (Å²) >= 11 is 0. The van der Waals surface area contributed by atoms with Crippen molar-refractivity contribution >= 4 is 32.7 Å². The highest BCUT2D eigenvalue weighted by atomic mass is 16.3. The van der Waals surface area contributed by atoms with Crippen molar-refractivity contribution in [2.75, 3.05) is 0 Å². The van der Waals surface area contributed by atoms with Crippen LogP contribution in [0.3, 0.4) is 0 Å². The van der Waals surface area contributed by atoms with Crippen LogP contribution in [0, 0.1) is 0 Å². The number of benzene rings is 9. The Bertz CT molecular complexity index is 3040. The molecule has 55 heavy (non-hydrogen) atoms. The monoisotopic (exact) mass is 700 g/mol. The number of hydrogen-bond donors (Lipinski definition) is 0.